The Morgan fingerprint density at radius 3 is 2.53 bits per heavy atom. The maximum atomic E-state index is 10.7. The SMILES string of the molecule is O=Cc1ccc(OCc2ccc(Cl)c(Cl)c2)cc1Br. The summed E-state index contributed by atoms with van der Waals surface area (Å²) in [6, 6.07) is 10.5. The molecule has 0 heterocycles. The van der Waals surface area contributed by atoms with Gasteiger partial charge in [-0.3, -0.25) is 4.79 Å². The number of hydrogen-bond acceptors (Lipinski definition) is 2. The van der Waals surface area contributed by atoms with Gasteiger partial charge in [-0.2, -0.15) is 0 Å². The lowest BCUT2D eigenvalue weighted by atomic mass is 10.2. The lowest BCUT2D eigenvalue weighted by molar-refractivity contribution is 0.112. The van der Waals surface area contributed by atoms with E-state index in [4.69, 9.17) is 27.9 Å². The van der Waals surface area contributed by atoms with E-state index in [9.17, 15) is 4.79 Å². The number of carbonyl (C=O) groups excluding carboxylic acids is 1. The summed E-state index contributed by atoms with van der Waals surface area (Å²) in [6.07, 6.45) is 0.785. The zero-order chi connectivity index (χ0) is 13.8. The first kappa shape index (κ1) is 14.4. The molecule has 2 nitrogen and oxygen atoms in total. The summed E-state index contributed by atoms with van der Waals surface area (Å²) in [5, 5.41) is 1.02. The van der Waals surface area contributed by atoms with Gasteiger partial charge in [0, 0.05) is 10.0 Å². The topological polar surface area (TPSA) is 26.3 Å². The number of benzene rings is 2. The Hall–Kier alpha value is -1.03. The number of aldehydes is 1. The molecule has 0 aliphatic carbocycles. The molecular weight excluding hydrogens is 351 g/mol. The van der Waals surface area contributed by atoms with Crippen LogP contribution in [-0.2, 0) is 6.61 Å². The van der Waals surface area contributed by atoms with Crippen LogP contribution in [0.4, 0.5) is 0 Å². The predicted molar refractivity (Wildman–Crippen MR) is 80.3 cm³/mol. The maximum absolute atomic E-state index is 10.7. The van der Waals surface area contributed by atoms with E-state index in [1.54, 1.807) is 30.3 Å². The molecule has 2 aromatic rings. The van der Waals surface area contributed by atoms with Crippen molar-refractivity contribution < 1.29 is 9.53 Å². The van der Waals surface area contributed by atoms with Crippen LogP contribution in [-0.4, -0.2) is 6.29 Å². The fourth-order valence-electron chi connectivity index (χ4n) is 1.49. The largest absolute Gasteiger partial charge is 0.489 e. The zero-order valence-electron chi connectivity index (χ0n) is 9.70. The van der Waals surface area contributed by atoms with Crippen molar-refractivity contribution in [3.05, 3.63) is 62.0 Å². The second-order valence-corrected chi connectivity index (χ2v) is 5.51. The molecule has 0 saturated heterocycles. The molecule has 0 aliphatic heterocycles. The van der Waals surface area contributed by atoms with Gasteiger partial charge in [-0.1, -0.05) is 29.3 Å². The summed E-state index contributed by atoms with van der Waals surface area (Å²) in [6.45, 7) is 0.379. The van der Waals surface area contributed by atoms with Crippen LogP contribution < -0.4 is 4.74 Å². The van der Waals surface area contributed by atoms with Crippen molar-refractivity contribution in [1.29, 1.82) is 0 Å². The summed E-state index contributed by atoms with van der Waals surface area (Å²) in [5.74, 6) is 0.670. The van der Waals surface area contributed by atoms with Crippen LogP contribution in [0.3, 0.4) is 0 Å². The molecule has 0 amide bonds. The van der Waals surface area contributed by atoms with Crippen LogP contribution in [0.5, 0.6) is 5.75 Å². The molecule has 0 radical (unpaired) electrons. The van der Waals surface area contributed by atoms with Crippen LogP contribution in [0.2, 0.25) is 10.0 Å². The predicted octanol–water partition coefficient (Wildman–Crippen LogP) is 5.15. The fourth-order valence-corrected chi connectivity index (χ4v) is 2.26. The van der Waals surface area contributed by atoms with Crippen LogP contribution >= 0.6 is 39.1 Å². The highest BCUT2D eigenvalue weighted by molar-refractivity contribution is 9.10. The summed E-state index contributed by atoms with van der Waals surface area (Å²) in [5.41, 5.74) is 1.51. The Kier molecular flexibility index (Phi) is 4.86. The van der Waals surface area contributed by atoms with Gasteiger partial charge >= 0.3 is 0 Å². The van der Waals surface area contributed by atoms with Gasteiger partial charge in [0.2, 0.25) is 0 Å². The van der Waals surface area contributed by atoms with Gasteiger partial charge in [0.1, 0.15) is 12.4 Å². The van der Waals surface area contributed by atoms with E-state index < -0.39 is 0 Å². The van der Waals surface area contributed by atoms with Gasteiger partial charge in [0.25, 0.3) is 0 Å². The highest BCUT2D eigenvalue weighted by Gasteiger charge is 2.03. The highest BCUT2D eigenvalue weighted by atomic mass is 79.9. The van der Waals surface area contributed by atoms with E-state index in [1.807, 2.05) is 6.07 Å². The summed E-state index contributed by atoms with van der Waals surface area (Å²) in [7, 11) is 0. The molecule has 0 saturated carbocycles. The van der Waals surface area contributed by atoms with Crippen LogP contribution in [0.1, 0.15) is 15.9 Å². The third-order valence-corrected chi connectivity index (χ3v) is 3.91. The third-order valence-electron chi connectivity index (χ3n) is 2.49. The van der Waals surface area contributed by atoms with E-state index in [2.05, 4.69) is 15.9 Å². The summed E-state index contributed by atoms with van der Waals surface area (Å²) in [4.78, 5) is 10.7. The molecule has 0 atom stereocenters. The second-order valence-electron chi connectivity index (χ2n) is 3.84. The van der Waals surface area contributed by atoms with Crippen molar-refractivity contribution >= 4 is 45.4 Å². The van der Waals surface area contributed by atoms with Gasteiger partial charge in [-0.25, -0.2) is 0 Å². The van der Waals surface area contributed by atoms with Crippen molar-refractivity contribution in [3.8, 4) is 5.75 Å². The van der Waals surface area contributed by atoms with E-state index in [0.717, 1.165) is 11.8 Å². The number of halogens is 3. The van der Waals surface area contributed by atoms with Gasteiger partial charge < -0.3 is 4.74 Å². The average molecular weight is 360 g/mol. The molecule has 2 rings (SSSR count). The Balaban J connectivity index is 2.07. The van der Waals surface area contributed by atoms with E-state index >= 15 is 0 Å². The fraction of sp³-hybridized carbons (Fsp3) is 0.0714. The molecule has 0 bridgehead atoms. The molecule has 0 aliphatic rings. The number of hydrogen-bond donors (Lipinski definition) is 0. The zero-order valence-corrected chi connectivity index (χ0v) is 12.8. The molecular formula is C14H9BrCl2O2. The first-order chi connectivity index (χ1) is 9.10. The molecule has 0 N–H and O–H groups in total. The van der Waals surface area contributed by atoms with E-state index in [-0.39, 0.29) is 0 Å². The number of ether oxygens (including phenoxy) is 1. The van der Waals surface area contributed by atoms with Crippen molar-refractivity contribution in [3.63, 3.8) is 0 Å². The lowest BCUT2D eigenvalue weighted by Gasteiger charge is -2.08. The molecule has 19 heavy (non-hydrogen) atoms. The second kappa shape index (κ2) is 6.42. The molecule has 0 unspecified atom stereocenters. The van der Waals surface area contributed by atoms with Crippen LogP contribution in [0.15, 0.2) is 40.9 Å². The molecule has 2 aromatic carbocycles. The molecule has 5 heteroatoms. The van der Waals surface area contributed by atoms with Crippen LogP contribution in [0.25, 0.3) is 0 Å². The Morgan fingerprint density at radius 2 is 1.89 bits per heavy atom. The Labute approximate surface area is 129 Å². The van der Waals surface area contributed by atoms with Gasteiger partial charge in [-0.15, -0.1) is 0 Å². The van der Waals surface area contributed by atoms with Crippen molar-refractivity contribution in [2.45, 2.75) is 6.61 Å². The Morgan fingerprint density at radius 1 is 1.11 bits per heavy atom. The number of rotatable bonds is 4. The van der Waals surface area contributed by atoms with Crippen molar-refractivity contribution in [1.82, 2.24) is 0 Å². The molecule has 0 fully saturated rings. The minimum absolute atomic E-state index is 0.379. The van der Waals surface area contributed by atoms with E-state index in [1.165, 1.54) is 0 Å². The minimum atomic E-state index is 0.379. The van der Waals surface area contributed by atoms with E-state index in [0.29, 0.717) is 32.4 Å². The molecule has 0 aromatic heterocycles. The summed E-state index contributed by atoms with van der Waals surface area (Å²) < 4.78 is 6.32. The highest BCUT2D eigenvalue weighted by Crippen LogP contribution is 2.25. The first-order valence-electron chi connectivity index (χ1n) is 5.41. The monoisotopic (exact) mass is 358 g/mol. The van der Waals surface area contributed by atoms with Crippen molar-refractivity contribution in [2.75, 3.05) is 0 Å². The first-order valence-corrected chi connectivity index (χ1v) is 6.96. The third kappa shape index (κ3) is 3.72. The molecule has 98 valence electrons. The van der Waals surface area contributed by atoms with Gasteiger partial charge in [0.05, 0.1) is 10.0 Å². The van der Waals surface area contributed by atoms with Crippen LogP contribution in [0, 0.1) is 0 Å². The van der Waals surface area contributed by atoms with Gasteiger partial charge in [0.15, 0.2) is 6.29 Å². The number of carbonyl (C=O) groups is 1. The van der Waals surface area contributed by atoms with Gasteiger partial charge in [-0.05, 0) is 51.8 Å². The molecule has 0 spiro atoms. The smallest absolute Gasteiger partial charge is 0.151 e. The normalized spacial score (nSPS) is 10.3. The quantitative estimate of drug-likeness (QED) is 0.706. The van der Waals surface area contributed by atoms with Crippen molar-refractivity contribution in [2.24, 2.45) is 0 Å². The maximum Gasteiger partial charge on any atom is 0.151 e. The average Bonchev–Trinajstić information content (AvgIpc) is 2.40. The minimum Gasteiger partial charge on any atom is -0.489 e. The Bertz CT molecular complexity index is 614. The summed E-state index contributed by atoms with van der Waals surface area (Å²) >= 11 is 15.1. The standard InChI is InChI=1S/C14H9BrCl2O2/c15-12-6-11(3-2-10(12)7-18)19-8-9-1-4-13(16)14(17)5-9/h1-7H,8H2. The lowest BCUT2D eigenvalue weighted by Crippen LogP contribution is -1.96.